The molecule has 0 unspecified atom stereocenters. The number of carboxylic acid groups (broad SMARTS) is 1. The van der Waals surface area contributed by atoms with Gasteiger partial charge in [0.2, 0.25) is 6.29 Å². The molecule has 2 heterocycles. The molecule has 16 heteroatoms. The Morgan fingerprint density at radius 3 is 1.81 bits per heavy atom. The van der Waals surface area contributed by atoms with E-state index in [1.54, 1.807) is 13.8 Å². The molecule has 2 aliphatic rings. The summed E-state index contributed by atoms with van der Waals surface area (Å²) in [5.74, 6) is -2.71. The third-order valence-corrected chi connectivity index (χ3v) is 7.13. The van der Waals surface area contributed by atoms with Crippen LogP contribution in [0, 0.1) is 5.92 Å². The van der Waals surface area contributed by atoms with Crippen LogP contribution in [0.15, 0.2) is 24.3 Å². The molecule has 9 N–H and O–H groups in total. The summed E-state index contributed by atoms with van der Waals surface area (Å²) in [5, 5.41) is 89.1. The number of esters is 1. The molecule has 43 heavy (non-hydrogen) atoms. The summed E-state index contributed by atoms with van der Waals surface area (Å²) in [5.41, 5.74) is -1.78. The average molecular weight is 621 g/mol. The zero-order valence-electron chi connectivity index (χ0n) is 23.6. The van der Waals surface area contributed by atoms with Gasteiger partial charge in [-0.3, -0.25) is 4.79 Å². The van der Waals surface area contributed by atoms with Gasteiger partial charge < -0.3 is 69.6 Å². The van der Waals surface area contributed by atoms with Crippen molar-refractivity contribution in [2.45, 2.75) is 100 Å². The molecule has 2 aliphatic heterocycles. The quantitative estimate of drug-likeness (QED) is 0.0994. The average Bonchev–Trinajstić information content (AvgIpc) is 2.96. The van der Waals surface area contributed by atoms with Gasteiger partial charge >= 0.3 is 11.9 Å². The minimum absolute atomic E-state index is 0.158. The van der Waals surface area contributed by atoms with Gasteiger partial charge in [0.05, 0.1) is 19.6 Å². The van der Waals surface area contributed by atoms with Crippen molar-refractivity contribution in [3.63, 3.8) is 0 Å². The highest BCUT2D eigenvalue weighted by Crippen LogP contribution is 2.34. The molecule has 2 fully saturated rings. The van der Waals surface area contributed by atoms with E-state index in [9.17, 15) is 55.5 Å². The van der Waals surface area contributed by atoms with Crippen LogP contribution >= 0.6 is 0 Å². The summed E-state index contributed by atoms with van der Waals surface area (Å²) in [6.07, 6.45) is -17.0. The van der Waals surface area contributed by atoms with Gasteiger partial charge in [0.1, 0.15) is 61.2 Å². The van der Waals surface area contributed by atoms with Crippen LogP contribution < -0.4 is 4.74 Å². The van der Waals surface area contributed by atoms with Crippen LogP contribution in [0.1, 0.15) is 32.3 Å². The fraction of sp³-hybridized carbons (Fsp3) is 0.704. The van der Waals surface area contributed by atoms with Crippen molar-refractivity contribution in [2.75, 3.05) is 13.2 Å². The van der Waals surface area contributed by atoms with Gasteiger partial charge in [0, 0.05) is 0 Å². The van der Waals surface area contributed by atoms with E-state index in [1.807, 2.05) is 0 Å². The number of carboxylic acids is 1. The molecule has 0 spiro atoms. The maximum absolute atomic E-state index is 13.4. The van der Waals surface area contributed by atoms with Crippen molar-refractivity contribution in [2.24, 2.45) is 5.92 Å². The van der Waals surface area contributed by atoms with Crippen LogP contribution in [0.3, 0.4) is 0 Å². The molecule has 2 saturated heterocycles. The lowest BCUT2D eigenvalue weighted by atomic mass is 9.88. The minimum Gasteiger partial charge on any atom is -0.481 e. The summed E-state index contributed by atoms with van der Waals surface area (Å²) in [6, 6.07) is 5.81. The molecular weight excluding hydrogens is 580 g/mol. The Hall–Kier alpha value is -2.48. The van der Waals surface area contributed by atoms with E-state index in [1.165, 1.54) is 24.3 Å². The Labute approximate surface area is 246 Å². The van der Waals surface area contributed by atoms with Crippen molar-refractivity contribution in [1.29, 1.82) is 0 Å². The van der Waals surface area contributed by atoms with E-state index in [-0.39, 0.29) is 24.7 Å². The lowest BCUT2D eigenvalue weighted by Crippen LogP contribution is -2.62. The molecule has 0 radical (unpaired) electrons. The van der Waals surface area contributed by atoms with Gasteiger partial charge in [-0.1, -0.05) is 26.0 Å². The number of ether oxygens (including phenoxy) is 5. The zero-order chi connectivity index (χ0) is 32.1. The van der Waals surface area contributed by atoms with Gasteiger partial charge in [-0.25, -0.2) is 4.79 Å². The maximum atomic E-state index is 13.4. The maximum Gasteiger partial charge on any atom is 0.339 e. The third kappa shape index (κ3) is 8.37. The fourth-order valence-electron chi connectivity index (χ4n) is 4.90. The standard InChI is InChI=1S/C27H40O16/c1-12(2)7-27(8-17(30)31,43-25-23(37)21(35)19(33)16(10-29)42-25)26(38)39-11-13-3-5-14(6-4-13)40-24-22(36)20(34)18(32)15(9-28)41-24/h3-6,12,15-16,18-25,28-29,32-37H,7-11H2,1-2H3,(H,30,31)/t15-,16-,18-,19-,20+,21+,22-,23-,24+,25-,27-/m1/s1. The highest BCUT2D eigenvalue weighted by molar-refractivity contribution is 5.85. The number of aliphatic carboxylic acids is 1. The Morgan fingerprint density at radius 2 is 1.33 bits per heavy atom. The second-order valence-electron chi connectivity index (χ2n) is 11.0. The first-order valence-electron chi connectivity index (χ1n) is 13.7. The van der Waals surface area contributed by atoms with Crippen molar-refractivity contribution < 1.29 is 79.2 Å². The highest BCUT2D eigenvalue weighted by Gasteiger charge is 2.52. The molecule has 11 atom stereocenters. The molecule has 0 aromatic heterocycles. The molecule has 3 rings (SSSR count). The first-order chi connectivity index (χ1) is 20.2. The number of carbonyl (C=O) groups is 2. The van der Waals surface area contributed by atoms with E-state index in [2.05, 4.69) is 0 Å². The molecule has 1 aromatic carbocycles. The molecule has 16 nitrogen and oxygen atoms in total. The number of aliphatic hydroxyl groups excluding tert-OH is 8. The van der Waals surface area contributed by atoms with Crippen molar-refractivity contribution in [1.82, 2.24) is 0 Å². The second-order valence-corrected chi connectivity index (χ2v) is 11.0. The van der Waals surface area contributed by atoms with Gasteiger partial charge in [0.15, 0.2) is 11.9 Å². The Bertz CT molecular complexity index is 1050. The molecule has 244 valence electrons. The van der Waals surface area contributed by atoms with E-state index in [4.69, 9.17) is 23.7 Å². The number of carbonyl (C=O) groups excluding carboxylic acids is 1. The molecule has 1 aromatic rings. The van der Waals surface area contributed by atoms with Crippen LogP contribution in [-0.2, 0) is 35.1 Å². The van der Waals surface area contributed by atoms with E-state index in [0.717, 1.165) is 0 Å². The van der Waals surface area contributed by atoms with Gasteiger partial charge in [-0.2, -0.15) is 0 Å². The summed E-state index contributed by atoms with van der Waals surface area (Å²) < 4.78 is 27.3. The molecule has 0 aliphatic carbocycles. The summed E-state index contributed by atoms with van der Waals surface area (Å²) in [7, 11) is 0. The number of benzene rings is 1. The summed E-state index contributed by atoms with van der Waals surface area (Å²) in [6.45, 7) is 1.62. The monoisotopic (exact) mass is 620 g/mol. The van der Waals surface area contributed by atoms with Crippen LogP contribution in [0.2, 0.25) is 0 Å². The lowest BCUT2D eigenvalue weighted by Gasteiger charge is -2.43. The van der Waals surface area contributed by atoms with E-state index in [0.29, 0.717) is 5.56 Å². The van der Waals surface area contributed by atoms with E-state index < -0.39 is 98.6 Å². The number of hydrogen-bond donors (Lipinski definition) is 9. The van der Waals surface area contributed by atoms with Crippen LogP contribution in [0.25, 0.3) is 0 Å². The first-order valence-corrected chi connectivity index (χ1v) is 13.7. The predicted octanol–water partition coefficient (Wildman–Crippen LogP) is -3.02. The number of aliphatic hydroxyl groups is 8. The third-order valence-electron chi connectivity index (χ3n) is 7.13. The molecule has 0 bridgehead atoms. The summed E-state index contributed by atoms with van der Waals surface area (Å²) in [4.78, 5) is 25.3. The van der Waals surface area contributed by atoms with Crippen LogP contribution in [0.5, 0.6) is 5.75 Å². The fourth-order valence-corrected chi connectivity index (χ4v) is 4.90. The van der Waals surface area contributed by atoms with Crippen molar-refractivity contribution in [3.8, 4) is 5.75 Å². The van der Waals surface area contributed by atoms with Gasteiger partial charge in [0.25, 0.3) is 0 Å². The van der Waals surface area contributed by atoms with E-state index >= 15 is 0 Å². The second kappa shape index (κ2) is 15.0. The van der Waals surface area contributed by atoms with Gasteiger partial charge in [-0.15, -0.1) is 0 Å². The predicted molar refractivity (Wildman–Crippen MR) is 140 cm³/mol. The largest absolute Gasteiger partial charge is 0.481 e. The normalized spacial score (nSPS) is 34.4. The SMILES string of the molecule is CC(C)C[C@](CC(=O)O)(O[C@H]1O[C@H](CO)[C@@H](O)[C@H](O)[C@H]1O)C(=O)OCc1ccc(O[C@H]2O[C@H](CO)[C@@H](O)[C@H](O)[C@H]2O)cc1. The minimum atomic E-state index is -2.19. The van der Waals surface area contributed by atoms with Crippen molar-refractivity contribution in [3.05, 3.63) is 29.8 Å². The van der Waals surface area contributed by atoms with Crippen molar-refractivity contribution >= 4 is 11.9 Å². The summed E-state index contributed by atoms with van der Waals surface area (Å²) >= 11 is 0. The first kappa shape index (κ1) is 35.0. The zero-order valence-corrected chi connectivity index (χ0v) is 23.6. The van der Waals surface area contributed by atoms with Crippen LogP contribution in [-0.4, -0.2) is 138 Å². The lowest BCUT2D eigenvalue weighted by molar-refractivity contribution is -0.326. The Kier molecular flexibility index (Phi) is 12.2. The Balaban J connectivity index is 1.73. The topological polar surface area (TPSA) is 262 Å². The van der Waals surface area contributed by atoms with Crippen LogP contribution in [0.4, 0.5) is 0 Å². The Morgan fingerprint density at radius 1 is 0.814 bits per heavy atom. The number of rotatable bonds is 13. The smallest absolute Gasteiger partial charge is 0.339 e. The molecule has 0 amide bonds. The molecule has 0 saturated carbocycles. The number of hydrogen-bond acceptors (Lipinski definition) is 15. The van der Waals surface area contributed by atoms with Gasteiger partial charge in [-0.05, 0) is 30.0 Å². The molecular formula is C27H40O16. The highest BCUT2D eigenvalue weighted by atomic mass is 16.7.